The number of hydrogen-bond acceptors (Lipinski definition) is 7. The van der Waals surface area contributed by atoms with Gasteiger partial charge in [-0.05, 0) is 20.8 Å². The first-order chi connectivity index (χ1) is 9.81. The molecule has 2 heterocycles. The molecule has 0 atom stereocenters. The zero-order chi connectivity index (χ0) is 15.6. The van der Waals surface area contributed by atoms with Gasteiger partial charge in [-0.2, -0.15) is 0 Å². The number of nitrogens with one attached hydrogen (secondary N) is 1. The Morgan fingerprint density at radius 3 is 2.38 bits per heavy atom. The number of nitrogen functional groups attached to an aromatic ring is 1. The Labute approximate surface area is 124 Å². The van der Waals surface area contributed by atoms with Crippen molar-refractivity contribution >= 4 is 17.3 Å². The SMILES string of the molecule is CC(C)(C)N1CCN(c2cc([N+](=O)[O-])cc(NN)n2)CC1. The van der Waals surface area contributed by atoms with E-state index in [4.69, 9.17) is 5.84 Å². The van der Waals surface area contributed by atoms with Crippen LogP contribution < -0.4 is 16.2 Å². The van der Waals surface area contributed by atoms with Crippen LogP contribution in [-0.4, -0.2) is 46.5 Å². The Morgan fingerprint density at radius 2 is 1.90 bits per heavy atom. The predicted molar refractivity (Wildman–Crippen MR) is 82.2 cm³/mol. The Bertz CT molecular complexity index is 520. The van der Waals surface area contributed by atoms with Crippen molar-refractivity contribution in [2.45, 2.75) is 26.3 Å². The van der Waals surface area contributed by atoms with Crippen LogP contribution in [0.15, 0.2) is 12.1 Å². The van der Waals surface area contributed by atoms with Crippen molar-refractivity contribution in [2.24, 2.45) is 5.84 Å². The standard InChI is InChI=1S/C13H22N6O2/c1-13(2,3)18-6-4-17(5-7-18)12-9-10(19(20)21)8-11(15-12)16-14/h8-9H,4-7,14H2,1-3H3,(H,15,16). The van der Waals surface area contributed by atoms with Crippen LogP contribution in [-0.2, 0) is 0 Å². The summed E-state index contributed by atoms with van der Waals surface area (Å²) in [6.07, 6.45) is 0. The van der Waals surface area contributed by atoms with Crippen molar-refractivity contribution in [1.82, 2.24) is 9.88 Å². The Morgan fingerprint density at radius 1 is 1.29 bits per heavy atom. The molecule has 1 aromatic rings. The molecular formula is C13H22N6O2. The number of pyridine rings is 1. The van der Waals surface area contributed by atoms with E-state index in [-0.39, 0.29) is 11.2 Å². The molecule has 21 heavy (non-hydrogen) atoms. The van der Waals surface area contributed by atoms with E-state index in [0.29, 0.717) is 11.6 Å². The lowest BCUT2D eigenvalue weighted by Crippen LogP contribution is -2.53. The van der Waals surface area contributed by atoms with Gasteiger partial charge in [0.2, 0.25) is 0 Å². The smallest absolute Gasteiger partial charge is 0.276 e. The summed E-state index contributed by atoms with van der Waals surface area (Å²) in [5, 5.41) is 11.0. The number of nitrogens with two attached hydrogens (primary N) is 1. The van der Waals surface area contributed by atoms with E-state index in [1.165, 1.54) is 12.1 Å². The fourth-order valence-corrected chi connectivity index (χ4v) is 2.45. The van der Waals surface area contributed by atoms with Gasteiger partial charge in [-0.15, -0.1) is 0 Å². The fraction of sp³-hybridized carbons (Fsp3) is 0.615. The highest BCUT2D eigenvalue weighted by Gasteiger charge is 2.27. The lowest BCUT2D eigenvalue weighted by atomic mass is 10.1. The Hall–Kier alpha value is -1.93. The quantitative estimate of drug-likeness (QED) is 0.490. The third kappa shape index (κ3) is 3.59. The maximum Gasteiger partial charge on any atom is 0.276 e. The molecule has 0 bridgehead atoms. The second kappa shape index (κ2) is 5.82. The molecule has 1 aliphatic rings. The summed E-state index contributed by atoms with van der Waals surface area (Å²) in [4.78, 5) is 19.3. The van der Waals surface area contributed by atoms with Crippen molar-refractivity contribution in [3.63, 3.8) is 0 Å². The number of aromatic nitrogens is 1. The van der Waals surface area contributed by atoms with Crippen molar-refractivity contribution in [3.8, 4) is 0 Å². The Kier molecular flexibility index (Phi) is 4.29. The van der Waals surface area contributed by atoms with Crippen molar-refractivity contribution in [2.75, 3.05) is 36.5 Å². The molecule has 0 radical (unpaired) electrons. The number of piperazine rings is 1. The van der Waals surface area contributed by atoms with Gasteiger partial charge in [-0.3, -0.25) is 15.0 Å². The van der Waals surface area contributed by atoms with Gasteiger partial charge in [-0.1, -0.05) is 0 Å². The average molecular weight is 294 g/mol. The minimum atomic E-state index is -0.433. The van der Waals surface area contributed by atoms with E-state index in [0.717, 1.165) is 26.2 Å². The molecule has 1 fully saturated rings. The molecule has 0 unspecified atom stereocenters. The van der Waals surface area contributed by atoms with E-state index in [1.807, 2.05) is 0 Å². The molecule has 1 saturated heterocycles. The molecule has 8 heteroatoms. The summed E-state index contributed by atoms with van der Waals surface area (Å²) in [7, 11) is 0. The number of rotatable bonds is 3. The molecular weight excluding hydrogens is 272 g/mol. The van der Waals surface area contributed by atoms with Gasteiger partial charge >= 0.3 is 0 Å². The first-order valence-electron chi connectivity index (χ1n) is 6.94. The summed E-state index contributed by atoms with van der Waals surface area (Å²) >= 11 is 0. The molecule has 1 aromatic heterocycles. The Balaban J connectivity index is 2.16. The summed E-state index contributed by atoms with van der Waals surface area (Å²) in [5.41, 5.74) is 2.51. The van der Waals surface area contributed by atoms with Crippen LogP contribution in [0.1, 0.15) is 20.8 Å². The third-order valence-corrected chi connectivity index (χ3v) is 3.71. The average Bonchev–Trinajstić information content (AvgIpc) is 2.46. The van der Waals surface area contributed by atoms with E-state index in [1.54, 1.807) is 0 Å². The van der Waals surface area contributed by atoms with Crippen LogP contribution in [0.25, 0.3) is 0 Å². The molecule has 0 aromatic carbocycles. The van der Waals surface area contributed by atoms with Gasteiger partial charge in [0.25, 0.3) is 5.69 Å². The largest absolute Gasteiger partial charge is 0.354 e. The lowest BCUT2D eigenvalue weighted by Gasteiger charge is -2.42. The summed E-state index contributed by atoms with van der Waals surface area (Å²) in [5.74, 6) is 6.23. The number of nitro groups is 1. The monoisotopic (exact) mass is 294 g/mol. The van der Waals surface area contributed by atoms with Crippen LogP contribution in [0.2, 0.25) is 0 Å². The first-order valence-corrected chi connectivity index (χ1v) is 6.94. The van der Waals surface area contributed by atoms with Gasteiger partial charge < -0.3 is 10.3 Å². The number of nitrogens with zero attached hydrogens (tertiary/aromatic N) is 4. The molecule has 3 N–H and O–H groups in total. The van der Waals surface area contributed by atoms with Gasteiger partial charge in [0, 0.05) is 31.7 Å². The van der Waals surface area contributed by atoms with E-state index in [2.05, 4.69) is 41.0 Å². The maximum atomic E-state index is 11.0. The second-order valence-corrected chi connectivity index (χ2v) is 6.12. The van der Waals surface area contributed by atoms with Crippen molar-refractivity contribution in [1.29, 1.82) is 0 Å². The second-order valence-electron chi connectivity index (χ2n) is 6.12. The van der Waals surface area contributed by atoms with Gasteiger partial charge in [0.1, 0.15) is 11.6 Å². The van der Waals surface area contributed by atoms with Crippen LogP contribution in [0.3, 0.4) is 0 Å². The van der Waals surface area contributed by atoms with E-state index in [9.17, 15) is 10.1 Å². The maximum absolute atomic E-state index is 11.0. The number of hydrazine groups is 1. The number of hydrogen-bond donors (Lipinski definition) is 2. The highest BCUT2D eigenvalue weighted by Crippen LogP contribution is 2.25. The van der Waals surface area contributed by atoms with E-state index < -0.39 is 4.92 Å². The molecule has 0 saturated carbocycles. The summed E-state index contributed by atoms with van der Waals surface area (Å²) < 4.78 is 0. The topological polar surface area (TPSA) is 101 Å². The van der Waals surface area contributed by atoms with Crippen LogP contribution in [0, 0.1) is 10.1 Å². The van der Waals surface area contributed by atoms with Crippen LogP contribution in [0.4, 0.5) is 17.3 Å². The highest BCUT2D eigenvalue weighted by molar-refractivity contribution is 5.55. The summed E-state index contributed by atoms with van der Waals surface area (Å²) in [6.45, 7) is 9.93. The zero-order valence-electron chi connectivity index (χ0n) is 12.7. The van der Waals surface area contributed by atoms with Gasteiger partial charge in [-0.25, -0.2) is 10.8 Å². The van der Waals surface area contributed by atoms with Crippen LogP contribution in [0.5, 0.6) is 0 Å². The first kappa shape index (κ1) is 15.5. The molecule has 0 aliphatic carbocycles. The van der Waals surface area contributed by atoms with Gasteiger partial charge in [0.15, 0.2) is 0 Å². The number of anilines is 2. The summed E-state index contributed by atoms with van der Waals surface area (Å²) in [6, 6.07) is 2.82. The molecule has 0 spiro atoms. The normalized spacial score (nSPS) is 16.9. The van der Waals surface area contributed by atoms with Gasteiger partial charge in [0.05, 0.1) is 17.1 Å². The van der Waals surface area contributed by atoms with Crippen molar-refractivity contribution < 1.29 is 4.92 Å². The highest BCUT2D eigenvalue weighted by atomic mass is 16.6. The van der Waals surface area contributed by atoms with Crippen molar-refractivity contribution in [3.05, 3.63) is 22.2 Å². The minimum absolute atomic E-state index is 0.00815. The fourth-order valence-electron chi connectivity index (χ4n) is 2.45. The molecule has 0 amide bonds. The molecule has 1 aliphatic heterocycles. The molecule has 2 rings (SSSR count). The zero-order valence-corrected chi connectivity index (χ0v) is 12.7. The van der Waals surface area contributed by atoms with E-state index >= 15 is 0 Å². The molecule has 8 nitrogen and oxygen atoms in total. The lowest BCUT2D eigenvalue weighted by molar-refractivity contribution is -0.384. The predicted octanol–water partition coefficient (Wildman–Crippen LogP) is 1.20. The third-order valence-electron chi connectivity index (χ3n) is 3.71. The minimum Gasteiger partial charge on any atom is -0.354 e. The molecule has 116 valence electrons. The van der Waals surface area contributed by atoms with Crippen LogP contribution >= 0.6 is 0 Å².